The molecule has 0 saturated heterocycles. The molecular weight excluding hydrogens is 268 g/mol. The number of carbonyl (C=O) groups is 2. The summed E-state index contributed by atoms with van der Waals surface area (Å²) in [4.78, 5) is 24.9. The first-order chi connectivity index (χ1) is 9.54. The summed E-state index contributed by atoms with van der Waals surface area (Å²) in [6.07, 6.45) is 1.45. The van der Waals surface area contributed by atoms with E-state index in [1.807, 2.05) is 0 Å². The Morgan fingerprint density at radius 2 is 1.90 bits per heavy atom. The van der Waals surface area contributed by atoms with Crippen molar-refractivity contribution in [1.82, 2.24) is 4.90 Å². The third-order valence-corrected chi connectivity index (χ3v) is 3.03. The van der Waals surface area contributed by atoms with Crippen molar-refractivity contribution in [3.8, 4) is 0 Å². The number of hydrogen-bond acceptors (Lipinski definition) is 3. The Kier molecular flexibility index (Phi) is 4.32. The lowest BCUT2D eigenvalue weighted by molar-refractivity contribution is -0.144. The fourth-order valence-corrected chi connectivity index (χ4v) is 1.94. The minimum Gasteiger partial charge on any atom is -0.465 e. The molecule has 1 aromatic carbocycles. The molecule has 0 bridgehead atoms. The van der Waals surface area contributed by atoms with E-state index in [0.29, 0.717) is 0 Å². The van der Waals surface area contributed by atoms with Gasteiger partial charge in [0.05, 0.1) is 6.61 Å². The monoisotopic (exact) mass is 283 g/mol. The maximum absolute atomic E-state index is 13.6. The predicted molar refractivity (Wildman–Crippen MR) is 67.0 cm³/mol. The largest absolute Gasteiger partial charge is 0.465 e. The zero-order chi connectivity index (χ0) is 14.7. The van der Waals surface area contributed by atoms with Crippen LogP contribution >= 0.6 is 0 Å². The van der Waals surface area contributed by atoms with Gasteiger partial charge in [-0.1, -0.05) is 6.07 Å². The molecule has 4 nitrogen and oxygen atoms in total. The maximum Gasteiger partial charge on any atom is 0.325 e. The van der Waals surface area contributed by atoms with Crippen LogP contribution in [0.5, 0.6) is 0 Å². The molecule has 0 heterocycles. The van der Waals surface area contributed by atoms with Crippen LogP contribution in [0.15, 0.2) is 18.2 Å². The molecule has 20 heavy (non-hydrogen) atoms. The number of benzene rings is 1. The Hall–Kier alpha value is -1.98. The van der Waals surface area contributed by atoms with Crippen molar-refractivity contribution < 1.29 is 23.1 Å². The van der Waals surface area contributed by atoms with E-state index in [1.54, 1.807) is 6.92 Å². The Labute approximate surface area is 115 Å². The van der Waals surface area contributed by atoms with Gasteiger partial charge in [-0.05, 0) is 31.9 Å². The van der Waals surface area contributed by atoms with Crippen molar-refractivity contribution in [3.05, 3.63) is 35.4 Å². The number of amides is 1. The first kappa shape index (κ1) is 14.4. The Morgan fingerprint density at radius 1 is 1.30 bits per heavy atom. The summed E-state index contributed by atoms with van der Waals surface area (Å²) < 4.78 is 32.0. The summed E-state index contributed by atoms with van der Waals surface area (Å²) in [7, 11) is 0. The number of carbonyl (C=O) groups excluding carboxylic acids is 2. The topological polar surface area (TPSA) is 46.6 Å². The molecule has 0 atom stereocenters. The second-order valence-corrected chi connectivity index (χ2v) is 4.57. The highest BCUT2D eigenvalue weighted by Gasteiger charge is 2.36. The van der Waals surface area contributed by atoms with Crippen molar-refractivity contribution in [2.75, 3.05) is 13.2 Å². The van der Waals surface area contributed by atoms with Gasteiger partial charge in [-0.2, -0.15) is 0 Å². The Morgan fingerprint density at radius 3 is 2.40 bits per heavy atom. The summed E-state index contributed by atoms with van der Waals surface area (Å²) in [5, 5.41) is 0. The van der Waals surface area contributed by atoms with Crippen LogP contribution in [-0.2, 0) is 9.53 Å². The van der Waals surface area contributed by atoms with Crippen molar-refractivity contribution >= 4 is 11.9 Å². The van der Waals surface area contributed by atoms with E-state index < -0.39 is 29.1 Å². The molecular formula is C14H15F2NO3. The normalized spacial score (nSPS) is 13.9. The molecule has 0 radical (unpaired) electrons. The average Bonchev–Trinajstić information content (AvgIpc) is 3.20. The van der Waals surface area contributed by atoms with E-state index >= 15 is 0 Å². The second-order valence-electron chi connectivity index (χ2n) is 4.57. The highest BCUT2D eigenvalue weighted by molar-refractivity contribution is 5.96. The standard InChI is InChI=1S/C14H15F2NO3/c1-2-20-12(18)8-17(9-6-7-9)14(19)13-10(15)4-3-5-11(13)16/h3-5,9H,2,6-8H2,1H3. The van der Waals surface area contributed by atoms with Gasteiger partial charge in [0, 0.05) is 6.04 Å². The Bertz CT molecular complexity index is 509. The minimum atomic E-state index is -0.926. The van der Waals surface area contributed by atoms with Gasteiger partial charge in [0.1, 0.15) is 23.7 Å². The van der Waals surface area contributed by atoms with Gasteiger partial charge in [0.2, 0.25) is 0 Å². The lowest BCUT2D eigenvalue weighted by Crippen LogP contribution is -2.39. The molecule has 1 aliphatic rings. The van der Waals surface area contributed by atoms with E-state index in [9.17, 15) is 18.4 Å². The first-order valence-corrected chi connectivity index (χ1v) is 6.45. The van der Waals surface area contributed by atoms with Crippen LogP contribution in [0.25, 0.3) is 0 Å². The molecule has 6 heteroatoms. The highest BCUT2D eigenvalue weighted by atomic mass is 19.1. The molecule has 1 saturated carbocycles. The average molecular weight is 283 g/mol. The van der Waals surface area contributed by atoms with Crippen LogP contribution in [-0.4, -0.2) is 36.0 Å². The van der Waals surface area contributed by atoms with Gasteiger partial charge in [-0.25, -0.2) is 8.78 Å². The molecule has 0 unspecified atom stereocenters. The van der Waals surface area contributed by atoms with Gasteiger partial charge in [-0.15, -0.1) is 0 Å². The molecule has 0 N–H and O–H groups in total. The lowest BCUT2D eigenvalue weighted by atomic mass is 10.1. The van der Waals surface area contributed by atoms with Crippen molar-refractivity contribution in [2.24, 2.45) is 0 Å². The zero-order valence-electron chi connectivity index (χ0n) is 11.1. The van der Waals surface area contributed by atoms with Crippen molar-refractivity contribution in [1.29, 1.82) is 0 Å². The number of halogens is 2. The number of rotatable bonds is 5. The second kappa shape index (κ2) is 5.98. The summed E-state index contributed by atoms with van der Waals surface area (Å²) in [5.41, 5.74) is -0.622. The van der Waals surface area contributed by atoms with Crippen LogP contribution in [0.2, 0.25) is 0 Å². The molecule has 0 spiro atoms. The van der Waals surface area contributed by atoms with Crippen molar-refractivity contribution in [3.63, 3.8) is 0 Å². The summed E-state index contributed by atoms with van der Waals surface area (Å²) >= 11 is 0. The smallest absolute Gasteiger partial charge is 0.325 e. The molecule has 0 aromatic heterocycles. The molecule has 1 amide bonds. The van der Waals surface area contributed by atoms with E-state index in [2.05, 4.69) is 0 Å². The van der Waals surface area contributed by atoms with Crippen LogP contribution in [0.1, 0.15) is 30.1 Å². The quantitative estimate of drug-likeness (QED) is 0.778. The number of esters is 1. The van der Waals surface area contributed by atoms with Crippen LogP contribution < -0.4 is 0 Å². The van der Waals surface area contributed by atoms with E-state index in [1.165, 1.54) is 11.0 Å². The third kappa shape index (κ3) is 3.12. The van der Waals surface area contributed by atoms with Crippen LogP contribution in [0.4, 0.5) is 8.78 Å². The lowest BCUT2D eigenvalue weighted by Gasteiger charge is -2.21. The van der Waals surface area contributed by atoms with E-state index in [4.69, 9.17) is 4.74 Å². The number of nitrogens with zero attached hydrogens (tertiary/aromatic N) is 1. The van der Waals surface area contributed by atoms with Gasteiger partial charge in [0.25, 0.3) is 5.91 Å². The SMILES string of the molecule is CCOC(=O)CN(C(=O)c1c(F)cccc1F)C1CC1. The minimum absolute atomic E-state index is 0.147. The van der Waals surface area contributed by atoms with E-state index in [-0.39, 0.29) is 19.2 Å². The Balaban J connectivity index is 2.21. The van der Waals surface area contributed by atoms with Crippen LogP contribution in [0.3, 0.4) is 0 Å². The summed E-state index contributed by atoms with van der Waals surface area (Å²) in [5.74, 6) is -3.24. The number of ether oxygens (including phenoxy) is 1. The third-order valence-electron chi connectivity index (χ3n) is 3.03. The molecule has 1 aliphatic carbocycles. The molecule has 108 valence electrons. The van der Waals surface area contributed by atoms with Gasteiger partial charge in [0.15, 0.2) is 0 Å². The summed E-state index contributed by atoms with van der Waals surface area (Å²) in [6, 6.07) is 3.08. The first-order valence-electron chi connectivity index (χ1n) is 6.45. The maximum atomic E-state index is 13.6. The van der Waals surface area contributed by atoms with E-state index in [0.717, 1.165) is 25.0 Å². The van der Waals surface area contributed by atoms with Gasteiger partial charge >= 0.3 is 5.97 Å². The van der Waals surface area contributed by atoms with Crippen molar-refractivity contribution in [2.45, 2.75) is 25.8 Å². The van der Waals surface area contributed by atoms with Gasteiger partial charge in [-0.3, -0.25) is 9.59 Å². The summed E-state index contributed by atoms with van der Waals surface area (Å²) in [6.45, 7) is 1.56. The van der Waals surface area contributed by atoms with Gasteiger partial charge < -0.3 is 9.64 Å². The van der Waals surface area contributed by atoms with Crippen LogP contribution in [0, 0.1) is 11.6 Å². The number of hydrogen-bond donors (Lipinski definition) is 0. The molecule has 1 aromatic rings. The molecule has 2 rings (SSSR count). The predicted octanol–water partition coefficient (Wildman–Crippen LogP) is 2.13. The molecule has 0 aliphatic heterocycles. The fraction of sp³-hybridized carbons (Fsp3) is 0.429. The zero-order valence-corrected chi connectivity index (χ0v) is 11.1. The fourth-order valence-electron chi connectivity index (χ4n) is 1.94. The highest BCUT2D eigenvalue weighted by Crippen LogP contribution is 2.29. The molecule has 1 fully saturated rings.